The number of carboxylic acid groups (broad SMARTS) is 3. The van der Waals surface area contributed by atoms with Crippen LogP contribution in [0.4, 0.5) is 0 Å². The number of hydrogen-bond acceptors (Lipinski definition) is 9. The molecule has 0 spiro atoms. The maximum atomic E-state index is 12.2. The molecule has 1 aliphatic heterocycles. The molecular formula is C51H42N6O6. The maximum Gasteiger partial charge on any atom is 0.354 e. The van der Waals surface area contributed by atoms with Gasteiger partial charge in [0.1, 0.15) is 17.1 Å². The van der Waals surface area contributed by atoms with Crippen LogP contribution in [0.1, 0.15) is 81.9 Å². The number of aromatic nitrogens is 3. The topological polar surface area (TPSA) is 160 Å². The molecule has 12 heteroatoms. The molecule has 0 radical (unpaired) electrons. The van der Waals surface area contributed by atoms with Crippen molar-refractivity contribution in [3.63, 3.8) is 0 Å². The third-order valence-corrected chi connectivity index (χ3v) is 10.0. The van der Waals surface area contributed by atoms with E-state index < -0.39 is 17.9 Å². The van der Waals surface area contributed by atoms with Crippen LogP contribution in [-0.4, -0.2) is 102 Å². The van der Waals surface area contributed by atoms with E-state index in [9.17, 15) is 29.7 Å². The Balaban J connectivity index is 1.18. The normalized spacial score (nSPS) is 13.3. The molecule has 0 saturated carbocycles. The number of hydrogen-bond donors (Lipinski definition) is 3. The third kappa shape index (κ3) is 13.0. The summed E-state index contributed by atoms with van der Waals surface area (Å²) in [6.07, 6.45) is 0. The van der Waals surface area contributed by atoms with Crippen LogP contribution in [0.2, 0.25) is 0 Å². The lowest BCUT2D eigenvalue weighted by molar-refractivity contribution is 0.0679. The van der Waals surface area contributed by atoms with Crippen LogP contribution in [0.3, 0.4) is 0 Å². The summed E-state index contributed by atoms with van der Waals surface area (Å²) in [7, 11) is 0. The molecule has 4 heterocycles. The minimum atomic E-state index is -1.16. The summed E-state index contributed by atoms with van der Waals surface area (Å²) in [5, 5.41) is 30.0. The molecule has 3 aromatic heterocycles. The monoisotopic (exact) mass is 834 g/mol. The lowest BCUT2D eigenvalue weighted by Crippen LogP contribution is -2.36. The van der Waals surface area contributed by atoms with Gasteiger partial charge in [0.25, 0.3) is 0 Å². The van der Waals surface area contributed by atoms with E-state index in [-0.39, 0.29) is 17.1 Å². The highest BCUT2D eigenvalue weighted by Crippen LogP contribution is 2.16. The summed E-state index contributed by atoms with van der Waals surface area (Å²) >= 11 is 0. The fourth-order valence-electron chi connectivity index (χ4n) is 6.89. The summed E-state index contributed by atoms with van der Waals surface area (Å²) in [6.45, 7) is 4.31. The van der Waals surface area contributed by atoms with Gasteiger partial charge < -0.3 is 15.3 Å². The second-order valence-electron chi connectivity index (χ2n) is 14.8. The molecule has 312 valence electrons. The van der Waals surface area contributed by atoms with Crippen molar-refractivity contribution in [3.8, 4) is 35.5 Å². The predicted octanol–water partition coefficient (Wildman–Crippen LogP) is 5.99. The molecule has 0 amide bonds. The SMILES string of the molecule is O=C(O)c1cc(C#Cc2ccccc2)cc(CN2CCN(Cc3cc(C#Cc4ccccc4)cc(C(=O)O)n3)CCN(Cc3cc(C#Cc4ccccc4)cc(C(=O)O)n3)CC2)n1. The van der Waals surface area contributed by atoms with Gasteiger partial charge in [-0.05, 0) is 72.8 Å². The molecule has 7 rings (SSSR count). The van der Waals surface area contributed by atoms with Crippen LogP contribution in [0, 0.1) is 35.5 Å². The van der Waals surface area contributed by atoms with Crippen LogP contribution in [-0.2, 0) is 19.6 Å². The van der Waals surface area contributed by atoms with E-state index in [2.05, 4.69) is 65.2 Å². The fraction of sp³-hybridized carbons (Fsp3) is 0.176. The predicted molar refractivity (Wildman–Crippen MR) is 237 cm³/mol. The number of pyridine rings is 3. The van der Waals surface area contributed by atoms with E-state index in [4.69, 9.17) is 0 Å². The minimum Gasteiger partial charge on any atom is -0.477 e. The molecule has 1 saturated heterocycles. The zero-order valence-corrected chi connectivity index (χ0v) is 34.2. The zero-order valence-electron chi connectivity index (χ0n) is 34.2. The first-order valence-electron chi connectivity index (χ1n) is 20.2. The van der Waals surface area contributed by atoms with Gasteiger partial charge in [0.15, 0.2) is 0 Å². The highest BCUT2D eigenvalue weighted by Gasteiger charge is 2.21. The van der Waals surface area contributed by atoms with Gasteiger partial charge in [-0.2, -0.15) is 0 Å². The standard InChI is InChI=1S/C51H42N6O6/c58-49(59)46-31-40(19-16-37-10-4-1-5-11-37)28-43(52-46)34-55-22-24-56(35-44-29-41(32-47(53-44)50(60)61)20-17-38-12-6-2-7-13-38)26-27-57(25-23-55)36-45-30-42(33-48(54-45)51(62)63)21-18-39-14-8-3-9-15-39/h1-15,28-33H,22-27,34-36H2,(H,58,59)(H,60,61)(H,62,63). The molecule has 0 aliphatic carbocycles. The van der Waals surface area contributed by atoms with Gasteiger partial charge in [-0.15, -0.1) is 0 Å². The minimum absolute atomic E-state index is 0.108. The summed E-state index contributed by atoms with van der Waals surface area (Å²) in [5.41, 5.74) is 5.27. The molecule has 63 heavy (non-hydrogen) atoms. The Labute approximate surface area is 365 Å². The largest absolute Gasteiger partial charge is 0.477 e. The molecule has 0 bridgehead atoms. The molecule has 0 atom stereocenters. The third-order valence-electron chi connectivity index (χ3n) is 10.0. The first-order chi connectivity index (χ1) is 30.6. The van der Waals surface area contributed by atoms with Crippen LogP contribution in [0.5, 0.6) is 0 Å². The fourth-order valence-corrected chi connectivity index (χ4v) is 6.89. The van der Waals surface area contributed by atoms with E-state index in [1.807, 2.05) is 109 Å². The molecule has 3 N–H and O–H groups in total. The van der Waals surface area contributed by atoms with Crippen molar-refractivity contribution in [1.29, 1.82) is 0 Å². The van der Waals surface area contributed by atoms with Crippen molar-refractivity contribution in [1.82, 2.24) is 29.7 Å². The van der Waals surface area contributed by atoms with Crippen molar-refractivity contribution >= 4 is 17.9 Å². The van der Waals surface area contributed by atoms with Crippen LogP contribution >= 0.6 is 0 Å². The second kappa shape index (κ2) is 21.0. The first-order valence-corrected chi connectivity index (χ1v) is 20.2. The maximum absolute atomic E-state index is 12.2. The number of carbonyl (C=O) groups is 3. The zero-order chi connectivity index (χ0) is 44.0. The average Bonchev–Trinajstić information content (AvgIpc) is 3.38. The molecule has 1 fully saturated rings. The van der Waals surface area contributed by atoms with Crippen molar-refractivity contribution in [2.24, 2.45) is 0 Å². The number of aromatic carboxylic acids is 3. The van der Waals surface area contributed by atoms with Gasteiger partial charge in [-0.25, -0.2) is 29.3 Å². The van der Waals surface area contributed by atoms with E-state index in [1.165, 1.54) is 18.2 Å². The lowest BCUT2D eigenvalue weighted by atomic mass is 10.1. The Hall–Kier alpha value is -7.92. The van der Waals surface area contributed by atoms with Crippen LogP contribution in [0.15, 0.2) is 127 Å². The Kier molecular flexibility index (Phi) is 14.4. The van der Waals surface area contributed by atoms with Gasteiger partial charge in [-0.3, -0.25) is 14.7 Å². The van der Waals surface area contributed by atoms with E-state index in [0.717, 1.165) is 16.7 Å². The molecule has 3 aromatic carbocycles. The number of rotatable bonds is 9. The summed E-state index contributed by atoms with van der Waals surface area (Å²) in [6, 6.07) is 38.1. The van der Waals surface area contributed by atoms with Gasteiger partial charge in [0.2, 0.25) is 0 Å². The number of benzene rings is 3. The summed E-state index contributed by atoms with van der Waals surface area (Å²) in [5.74, 6) is 15.1. The summed E-state index contributed by atoms with van der Waals surface area (Å²) < 4.78 is 0. The van der Waals surface area contributed by atoms with Gasteiger partial charge in [-0.1, -0.05) is 90.1 Å². The molecular weight excluding hydrogens is 793 g/mol. The van der Waals surface area contributed by atoms with Gasteiger partial charge >= 0.3 is 17.9 Å². The molecule has 1 aliphatic rings. The van der Waals surface area contributed by atoms with Crippen LogP contribution in [0.25, 0.3) is 0 Å². The van der Waals surface area contributed by atoms with Crippen molar-refractivity contribution in [2.45, 2.75) is 19.6 Å². The Bertz CT molecular complexity index is 2480. The molecule has 6 aromatic rings. The first kappa shape index (κ1) is 43.2. The summed E-state index contributed by atoms with van der Waals surface area (Å²) in [4.78, 5) is 56.7. The van der Waals surface area contributed by atoms with Crippen molar-refractivity contribution in [3.05, 3.63) is 195 Å². The average molecular weight is 835 g/mol. The number of nitrogens with zero attached hydrogens (tertiary/aromatic N) is 6. The highest BCUT2D eigenvalue weighted by molar-refractivity contribution is 5.87. The van der Waals surface area contributed by atoms with E-state index in [0.29, 0.717) is 92.7 Å². The van der Waals surface area contributed by atoms with Crippen molar-refractivity contribution < 1.29 is 29.7 Å². The Morgan fingerprint density at radius 3 is 0.857 bits per heavy atom. The quantitative estimate of drug-likeness (QED) is 0.146. The van der Waals surface area contributed by atoms with E-state index in [1.54, 1.807) is 0 Å². The Morgan fingerprint density at radius 2 is 0.619 bits per heavy atom. The van der Waals surface area contributed by atoms with Gasteiger partial charge in [0, 0.05) is 92.3 Å². The lowest BCUT2D eigenvalue weighted by Gasteiger charge is -2.25. The van der Waals surface area contributed by atoms with Gasteiger partial charge in [0.05, 0.1) is 17.1 Å². The smallest absolute Gasteiger partial charge is 0.354 e. The van der Waals surface area contributed by atoms with Crippen LogP contribution < -0.4 is 0 Å². The highest BCUT2D eigenvalue weighted by atomic mass is 16.4. The van der Waals surface area contributed by atoms with Crippen molar-refractivity contribution in [2.75, 3.05) is 39.3 Å². The van der Waals surface area contributed by atoms with E-state index >= 15 is 0 Å². The molecule has 12 nitrogen and oxygen atoms in total. The Morgan fingerprint density at radius 1 is 0.381 bits per heavy atom. The number of carboxylic acids is 3. The molecule has 0 unspecified atom stereocenters. The second-order valence-corrected chi connectivity index (χ2v) is 14.8.